The Morgan fingerprint density at radius 2 is 2.17 bits per heavy atom. The van der Waals surface area contributed by atoms with E-state index >= 15 is 0 Å². The predicted octanol–water partition coefficient (Wildman–Crippen LogP) is 4.25. The van der Waals surface area contributed by atoms with Crippen molar-refractivity contribution in [3.05, 3.63) is 63.3 Å². The Hall–Kier alpha value is -2.89. The first-order chi connectivity index (χ1) is 13.9. The summed E-state index contributed by atoms with van der Waals surface area (Å²) in [6.45, 7) is 9.67. The average molecular weight is 425 g/mol. The molecule has 3 rings (SSSR count). The first-order valence-electron chi connectivity index (χ1n) is 8.95. The van der Waals surface area contributed by atoms with Gasteiger partial charge < -0.3 is 5.32 Å². The Morgan fingerprint density at radius 3 is 2.86 bits per heavy atom. The molecule has 0 spiro atoms. The fourth-order valence-corrected chi connectivity index (χ4v) is 4.81. The third-order valence-corrected chi connectivity index (χ3v) is 6.71. The summed E-state index contributed by atoms with van der Waals surface area (Å²) in [7, 11) is 0. The number of carbonyl (C=O) groups is 1. The molecule has 8 heteroatoms. The zero-order valence-corrected chi connectivity index (χ0v) is 18.0. The molecule has 1 N–H and O–H groups in total. The summed E-state index contributed by atoms with van der Waals surface area (Å²) < 4.78 is 1.55. The molecule has 0 radical (unpaired) electrons. The lowest BCUT2D eigenvalue weighted by molar-refractivity contribution is -0.115. The quantitative estimate of drug-likeness (QED) is 0.363. The van der Waals surface area contributed by atoms with E-state index in [1.807, 2.05) is 13.8 Å². The Balaban J connectivity index is 1.93. The molecule has 0 aliphatic carbocycles. The molecule has 148 valence electrons. The van der Waals surface area contributed by atoms with Crippen molar-refractivity contribution >= 4 is 44.9 Å². The van der Waals surface area contributed by atoms with Crippen LogP contribution in [0.5, 0.6) is 0 Å². The molecule has 1 unspecified atom stereocenters. The number of anilines is 1. The maximum absolute atomic E-state index is 13.0. The number of nitrogens with zero attached hydrogens (tertiary/aromatic N) is 3. The second-order valence-electron chi connectivity index (χ2n) is 6.47. The number of aryl methyl sites for hydroxylation is 2. The van der Waals surface area contributed by atoms with E-state index in [0.29, 0.717) is 33.2 Å². The van der Waals surface area contributed by atoms with Gasteiger partial charge in [-0.1, -0.05) is 30.0 Å². The van der Waals surface area contributed by atoms with Crippen LogP contribution in [-0.2, 0) is 11.3 Å². The molecule has 0 bridgehead atoms. The summed E-state index contributed by atoms with van der Waals surface area (Å²) in [5.41, 5.74) is 1.67. The molecule has 3 aromatic rings. The standard InChI is InChI=1S/C21H20N4O2S2/c1-5-10-25-20(27)17-12(2)13(3)28-19(17)24-21(25)29-14(4)18(26)23-16-9-7-6-8-15(16)11-22/h5-9,14H,1,10H2,2-4H3,(H,23,26). The molecule has 1 aromatic carbocycles. The number of nitriles is 1. The van der Waals surface area contributed by atoms with Gasteiger partial charge in [0.2, 0.25) is 5.91 Å². The van der Waals surface area contributed by atoms with Crippen molar-refractivity contribution < 1.29 is 4.79 Å². The van der Waals surface area contributed by atoms with Crippen molar-refractivity contribution in [2.24, 2.45) is 0 Å². The van der Waals surface area contributed by atoms with Gasteiger partial charge in [0.15, 0.2) is 5.16 Å². The highest BCUT2D eigenvalue weighted by Gasteiger charge is 2.21. The van der Waals surface area contributed by atoms with Gasteiger partial charge in [-0.3, -0.25) is 14.2 Å². The molecule has 29 heavy (non-hydrogen) atoms. The number of benzene rings is 1. The lowest BCUT2D eigenvalue weighted by Crippen LogP contribution is -2.27. The lowest BCUT2D eigenvalue weighted by Gasteiger charge is -2.15. The number of hydrogen-bond acceptors (Lipinski definition) is 6. The predicted molar refractivity (Wildman–Crippen MR) is 119 cm³/mol. The summed E-state index contributed by atoms with van der Waals surface area (Å²) in [6.07, 6.45) is 1.64. The van der Waals surface area contributed by atoms with Gasteiger partial charge in [0.1, 0.15) is 10.9 Å². The van der Waals surface area contributed by atoms with E-state index in [-0.39, 0.29) is 11.5 Å². The number of para-hydroxylation sites is 1. The molecule has 2 aromatic heterocycles. The van der Waals surface area contributed by atoms with Gasteiger partial charge in [-0.2, -0.15) is 5.26 Å². The van der Waals surface area contributed by atoms with Crippen LogP contribution >= 0.6 is 23.1 Å². The normalized spacial score (nSPS) is 11.8. The molecular formula is C21H20N4O2S2. The van der Waals surface area contributed by atoms with E-state index in [0.717, 1.165) is 10.4 Å². The van der Waals surface area contributed by atoms with Gasteiger partial charge in [0.25, 0.3) is 5.56 Å². The summed E-state index contributed by atoms with van der Waals surface area (Å²) in [5, 5.41) is 12.5. The highest BCUT2D eigenvalue weighted by molar-refractivity contribution is 8.00. The van der Waals surface area contributed by atoms with Crippen LogP contribution in [0.3, 0.4) is 0 Å². The monoisotopic (exact) mass is 424 g/mol. The van der Waals surface area contributed by atoms with E-state index in [9.17, 15) is 14.9 Å². The van der Waals surface area contributed by atoms with Gasteiger partial charge in [0.05, 0.1) is 21.9 Å². The lowest BCUT2D eigenvalue weighted by atomic mass is 10.2. The number of thiophene rings is 1. The fourth-order valence-electron chi connectivity index (χ4n) is 2.82. The minimum atomic E-state index is -0.524. The molecule has 0 aliphatic rings. The second kappa shape index (κ2) is 8.64. The van der Waals surface area contributed by atoms with Crippen LogP contribution in [-0.4, -0.2) is 20.7 Å². The van der Waals surface area contributed by atoms with Crippen LogP contribution < -0.4 is 10.9 Å². The number of fused-ring (bicyclic) bond motifs is 1. The molecular weight excluding hydrogens is 404 g/mol. The molecule has 0 saturated heterocycles. The SMILES string of the molecule is C=CCn1c(SC(C)C(=O)Nc2ccccc2C#N)nc2sc(C)c(C)c2c1=O. The summed E-state index contributed by atoms with van der Waals surface area (Å²) in [5.74, 6) is -0.268. The van der Waals surface area contributed by atoms with Crippen LogP contribution in [0.1, 0.15) is 22.9 Å². The Labute approximate surface area is 176 Å². The van der Waals surface area contributed by atoms with Gasteiger partial charge >= 0.3 is 0 Å². The number of allylic oxidation sites excluding steroid dienone is 1. The van der Waals surface area contributed by atoms with Crippen molar-refractivity contribution in [2.45, 2.75) is 37.7 Å². The van der Waals surface area contributed by atoms with E-state index in [1.165, 1.54) is 23.1 Å². The van der Waals surface area contributed by atoms with E-state index in [2.05, 4.69) is 22.9 Å². The van der Waals surface area contributed by atoms with E-state index in [1.54, 1.807) is 41.8 Å². The molecule has 2 heterocycles. The highest BCUT2D eigenvalue weighted by atomic mass is 32.2. The van der Waals surface area contributed by atoms with Crippen molar-refractivity contribution in [3.63, 3.8) is 0 Å². The van der Waals surface area contributed by atoms with Crippen LogP contribution in [0.4, 0.5) is 5.69 Å². The summed E-state index contributed by atoms with van der Waals surface area (Å²) >= 11 is 2.69. The Kier molecular flexibility index (Phi) is 6.20. The topological polar surface area (TPSA) is 87.8 Å². The molecule has 6 nitrogen and oxygen atoms in total. The Bertz CT molecular complexity index is 1200. The van der Waals surface area contributed by atoms with Crippen LogP contribution in [0.15, 0.2) is 46.9 Å². The number of amides is 1. The van der Waals surface area contributed by atoms with Crippen LogP contribution in [0.2, 0.25) is 0 Å². The van der Waals surface area contributed by atoms with Crippen molar-refractivity contribution in [3.8, 4) is 6.07 Å². The Morgan fingerprint density at radius 1 is 1.45 bits per heavy atom. The highest BCUT2D eigenvalue weighted by Crippen LogP contribution is 2.30. The largest absolute Gasteiger partial charge is 0.324 e. The fraction of sp³-hybridized carbons (Fsp3) is 0.238. The number of nitrogens with one attached hydrogen (secondary N) is 1. The van der Waals surface area contributed by atoms with Gasteiger partial charge in [-0.15, -0.1) is 17.9 Å². The average Bonchev–Trinajstić information content (AvgIpc) is 2.99. The summed E-state index contributed by atoms with van der Waals surface area (Å²) in [6, 6.07) is 8.89. The maximum atomic E-state index is 13.0. The number of aromatic nitrogens is 2. The number of thioether (sulfide) groups is 1. The smallest absolute Gasteiger partial charge is 0.263 e. The second-order valence-corrected chi connectivity index (χ2v) is 8.98. The third kappa shape index (κ3) is 4.11. The van der Waals surface area contributed by atoms with Crippen molar-refractivity contribution in [1.29, 1.82) is 5.26 Å². The van der Waals surface area contributed by atoms with Crippen LogP contribution in [0, 0.1) is 25.2 Å². The van der Waals surface area contributed by atoms with Crippen molar-refractivity contribution in [1.82, 2.24) is 9.55 Å². The van der Waals surface area contributed by atoms with E-state index in [4.69, 9.17) is 0 Å². The first-order valence-corrected chi connectivity index (χ1v) is 10.6. The summed E-state index contributed by atoms with van der Waals surface area (Å²) in [4.78, 5) is 32.1. The minimum absolute atomic E-state index is 0.123. The number of rotatable bonds is 6. The van der Waals surface area contributed by atoms with Gasteiger partial charge in [0, 0.05) is 11.4 Å². The first kappa shape index (κ1) is 20.8. The zero-order valence-electron chi connectivity index (χ0n) is 16.4. The third-order valence-electron chi connectivity index (χ3n) is 4.52. The van der Waals surface area contributed by atoms with Gasteiger partial charge in [-0.05, 0) is 38.5 Å². The molecule has 1 atom stereocenters. The molecule has 0 aliphatic heterocycles. The van der Waals surface area contributed by atoms with E-state index < -0.39 is 5.25 Å². The van der Waals surface area contributed by atoms with Crippen molar-refractivity contribution in [2.75, 3.05) is 5.32 Å². The number of carbonyl (C=O) groups excluding carboxylic acids is 1. The molecule has 0 saturated carbocycles. The van der Waals surface area contributed by atoms with Crippen LogP contribution in [0.25, 0.3) is 10.2 Å². The maximum Gasteiger partial charge on any atom is 0.263 e. The number of hydrogen-bond donors (Lipinski definition) is 1. The molecule has 1 amide bonds. The minimum Gasteiger partial charge on any atom is -0.324 e. The van der Waals surface area contributed by atoms with Gasteiger partial charge in [-0.25, -0.2) is 4.98 Å². The molecule has 0 fully saturated rings. The zero-order chi connectivity index (χ0) is 21.1.